The van der Waals surface area contributed by atoms with E-state index in [1.165, 1.54) is 38.5 Å². The molecule has 1 aromatic carbocycles. The monoisotopic (exact) mass is 407 g/mol. The highest BCUT2D eigenvalue weighted by atomic mass is 15.3. The number of nitriles is 1. The molecule has 0 amide bonds. The van der Waals surface area contributed by atoms with Crippen LogP contribution in [0.2, 0.25) is 0 Å². The van der Waals surface area contributed by atoms with Crippen molar-refractivity contribution >= 4 is 11.8 Å². The van der Waals surface area contributed by atoms with Crippen molar-refractivity contribution in [1.82, 2.24) is 20.4 Å². The molecule has 1 aliphatic rings. The van der Waals surface area contributed by atoms with Gasteiger partial charge in [0.25, 0.3) is 0 Å². The Hall–Kier alpha value is -3.01. The summed E-state index contributed by atoms with van der Waals surface area (Å²) in [6.45, 7) is 1.71. The van der Waals surface area contributed by atoms with Crippen molar-refractivity contribution in [2.75, 3.05) is 25.9 Å². The van der Waals surface area contributed by atoms with Gasteiger partial charge in [-0.05, 0) is 43.7 Å². The number of benzene rings is 1. The molecule has 0 aliphatic heterocycles. The van der Waals surface area contributed by atoms with Crippen LogP contribution in [0.4, 0.5) is 5.82 Å². The van der Waals surface area contributed by atoms with Crippen LogP contribution in [0, 0.1) is 17.2 Å². The summed E-state index contributed by atoms with van der Waals surface area (Å²) < 4.78 is 1.64. The number of anilines is 1. The molecule has 1 heterocycles. The molecule has 1 saturated carbocycles. The summed E-state index contributed by atoms with van der Waals surface area (Å²) in [5.74, 6) is 2.15. The van der Waals surface area contributed by atoms with E-state index in [4.69, 9.17) is 5.73 Å². The number of para-hydroxylation sites is 1. The predicted octanol–water partition coefficient (Wildman–Crippen LogP) is 3.39. The van der Waals surface area contributed by atoms with Gasteiger partial charge in [-0.3, -0.25) is 4.99 Å². The fourth-order valence-electron chi connectivity index (χ4n) is 4.12. The van der Waals surface area contributed by atoms with Gasteiger partial charge in [-0.15, -0.1) is 0 Å². The minimum atomic E-state index is 0.395. The fraction of sp³-hybridized carbons (Fsp3) is 0.522. The molecule has 1 fully saturated rings. The molecule has 7 nitrogen and oxygen atoms in total. The maximum absolute atomic E-state index is 9.51. The van der Waals surface area contributed by atoms with Gasteiger partial charge in [0.1, 0.15) is 17.5 Å². The van der Waals surface area contributed by atoms with Gasteiger partial charge in [0, 0.05) is 20.1 Å². The first kappa shape index (κ1) is 21.7. The smallest absolute Gasteiger partial charge is 0.190 e. The summed E-state index contributed by atoms with van der Waals surface area (Å²) in [5.41, 5.74) is 8.23. The molecule has 7 heteroatoms. The molecule has 1 aliphatic carbocycles. The summed E-state index contributed by atoms with van der Waals surface area (Å²) in [5, 5.41) is 20.8. The first-order valence-corrected chi connectivity index (χ1v) is 11.0. The van der Waals surface area contributed by atoms with Gasteiger partial charge < -0.3 is 16.4 Å². The predicted molar refractivity (Wildman–Crippen MR) is 122 cm³/mol. The molecule has 3 rings (SSSR count). The average molecular weight is 408 g/mol. The van der Waals surface area contributed by atoms with Crippen LogP contribution < -0.4 is 16.4 Å². The SMILES string of the molecule is CN=C(NCCCc1nn(-c2ccccc2)c(N)c1C#N)NCCCC1CCCC1. The maximum Gasteiger partial charge on any atom is 0.190 e. The van der Waals surface area contributed by atoms with E-state index in [-0.39, 0.29) is 0 Å². The second-order valence-electron chi connectivity index (χ2n) is 7.89. The van der Waals surface area contributed by atoms with Gasteiger partial charge in [-0.25, -0.2) is 4.68 Å². The molecule has 0 bridgehead atoms. The van der Waals surface area contributed by atoms with E-state index >= 15 is 0 Å². The van der Waals surface area contributed by atoms with Crippen molar-refractivity contribution in [2.24, 2.45) is 10.9 Å². The molecule has 30 heavy (non-hydrogen) atoms. The molecular formula is C23H33N7. The number of nitrogen functional groups attached to an aromatic ring is 1. The standard InChI is InChI=1S/C23H33N7/c1-26-23(27-15-7-11-18-9-5-6-10-18)28-16-8-14-21-20(17-24)22(25)30(29-21)19-12-3-2-4-13-19/h2-4,12-13,18H,5-11,14-16,25H2,1H3,(H2,26,27,28). The van der Waals surface area contributed by atoms with E-state index in [0.29, 0.717) is 17.8 Å². The number of guanidine groups is 1. The van der Waals surface area contributed by atoms with Gasteiger partial charge in [0.05, 0.1) is 11.4 Å². The molecular weight excluding hydrogens is 374 g/mol. The van der Waals surface area contributed by atoms with Crippen LogP contribution in [0.1, 0.15) is 56.2 Å². The number of nitrogens with zero attached hydrogens (tertiary/aromatic N) is 4. The third-order valence-corrected chi connectivity index (χ3v) is 5.77. The normalized spacial score (nSPS) is 14.6. The molecule has 160 valence electrons. The summed E-state index contributed by atoms with van der Waals surface area (Å²) in [6, 6.07) is 11.9. The van der Waals surface area contributed by atoms with Crippen molar-refractivity contribution < 1.29 is 0 Å². The van der Waals surface area contributed by atoms with E-state index in [1.54, 1.807) is 11.7 Å². The van der Waals surface area contributed by atoms with E-state index in [2.05, 4.69) is 26.8 Å². The van der Waals surface area contributed by atoms with Gasteiger partial charge in [-0.2, -0.15) is 10.4 Å². The Morgan fingerprint density at radius 1 is 1.20 bits per heavy atom. The molecule has 4 N–H and O–H groups in total. The second kappa shape index (κ2) is 11.2. The van der Waals surface area contributed by atoms with Crippen LogP contribution in [-0.4, -0.2) is 35.9 Å². The molecule has 0 spiro atoms. The molecule has 0 unspecified atom stereocenters. The highest BCUT2D eigenvalue weighted by Gasteiger charge is 2.16. The van der Waals surface area contributed by atoms with Gasteiger partial charge >= 0.3 is 0 Å². The van der Waals surface area contributed by atoms with Crippen LogP contribution in [0.15, 0.2) is 35.3 Å². The maximum atomic E-state index is 9.51. The van der Waals surface area contributed by atoms with Crippen molar-refractivity contribution in [3.63, 3.8) is 0 Å². The van der Waals surface area contributed by atoms with Crippen LogP contribution in [0.5, 0.6) is 0 Å². The van der Waals surface area contributed by atoms with E-state index < -0.39 is 0 Å². The highest BCUT2D eigenvalue weighted by molar-refractivity contribution is 5.79. The summed E-state index contributed by atoms with van der Waals surface area (Å²) in [6.07, 6.45) is 9.64. The number of aromatic nitrogens is 2. The third kappa shape index (κ3) is 5.76. The number of rotatable bonds is 9. The minimum Gasteiger partial charge on any atom is -0.382 e. The first-order valence-electron chi connectivity index (χ1n) is 11.0. The Morgan fingerprint density at radius 3 is 2.57 bits per heavy atom. The number of hydrogen-bond acceptors (Lipinski definition) is 4. The van der Waals surface area contributed by atoms with Crippen molar-refractivity contribution in [1.29, 1.82) is 5.26 Å². The molecule has 0 atom stereocenters. The topological polar surface area (TPSA) is 104 Å². The third-order valence-electron chi connectivity index (χ3n) is 5.77. The molecule has 2 aromatic rings. The Morgan fingerprint density at radius 2 is 1.90 bits per heavy atom. The largest absolute Gasteiger partial charge is 0.382 e. The summed E-state index contributed by atoms with van der Waals surface area (Å²) in [7, 11) is 1.79. The van der Waals surface area contributed by atoms with Crippen molar-refractivity contribution in [3.8, 4) is 11.8 Å². The van der Waals surface area contributed by atoms with E-state index in [1.807, 2.05) is 30.3 Å². The van der Waals surface area contributed by atoms with E-state index in [0.717, 1.165) is 42.8 Å². The van der Waals surface area contributed by atoms with E-state index in [9.17, 15) is 5.26 Å². The van der Waals surface area contributed by atoms with Crippen molar-refractivity contribution in [2.45, 2.75) is 51.4 Å². The highest BCUT2D eigenvalue weighted by Crippen LogP contribution is 2.28. The number of nitrogens with two attached hydrogens (primary N) is 1. The quantitative estimate of drug-likeness (QED) is 0.336. The van der Waals surface area contributed by atoms with Crippen molar-refractivity contribution in [3.05, 3.63) is 41.6 Å². The van der Waals surface area contributed by atoms with Gasteiger partial charge in [-0.1, -0.05) is 43.9 Å². The molecule has 1 aromatic heterocycles. The Bertz CT molecular complexity index is 858. The number of aryl methyl sites for hydroxylation is 1. The molecule has 0 radical (unpaired) electrons. The number of aliphatic imine (C=N–C) groups is 1. The lowest BCUT2D eigenvalue weighted by molar-refractivity contribution is 0.481. The Labute approximate surface area is 179 Å². The lowest BCUT2D eigenvalue weighted by atomic mass is 10.0. The average Bonchev–Trinajstić information content (AvgIpc) is 3.40. The lowest BCUT2D eigenvalue weighted by Crippen LogP contribution is -2.38. The summed E-state index contributed by atoms with van der Waals surface area (Å²) >= 11 is 0. The zero-order valence-electron chi connectivity index (χ0n) is 17.9. The Kier molecular flexibility index (Phi) is 8.13. The van der Waals surface area contributed by atoms with Crippen LogP contribution in [0.3, 0.4) is 0 Å². The number of hydrogen-bond donors (Lipinski definition) is 3. The summed E-state index contributed by atoms with van der Waals surface area (Å²) in [4.78, 5) is 4.30. The van der Waals surface area contributed by atoms with Crippen LogP contribution in [-0.2, 0) is 6.42 Å². The lowest BCUT2D eigenvalue weighted by Gasteiger charge is -2.13. The number of nitrogens with one attached hydrogen (secondary N) is 2. The van der Waals surface area contributed by atoms with Crippen LogP contribution >= 0.6 is 0 Å². The van der Waals surface area contributed by atoms with Gasteiger partial charge in [0.2, 0.25) is 0 Å². The first-order chi connectivity index (χ1) is 14.7. The molecule has 0 saturated heterocycles. The zero-order chi connectivity index (χ0) is 21.2. The minimum absolute atomic E-state index is 0.395. The Balaban J connectivity index is 1.43. The second-order valence-corrected chi connectivity index (χ2v) is 7.89. The fourth-order valence-corrected chi connectivity index (χ4v) is 4.12. The van der Waals surface area contributed by atoms with Gasteiger partial charge in [0.15, 0.2) is 5.96 Å². The van der Waals surface area contributed by atoms with Crippen LogP contribution in [0.25, 0.3) is 5.69 Å². The zero-order valence-corrected chi connectivity index (χ0v) is 17.9.